The predicted molar refractivity (Wildman–Crippen MR) is 114 cm³/mol. The Morgan fingerprint density at radius 3 is 2.44 bits per heavy atom. The van der Waals surface area contributed by atoms with Gasteiger partial charge in [-0.15, -0.1) is 0 Å². The van der Waals surface area contributed by atoms with Gasteiger partial charge in [-0.05, 0) is 51.8 Å². The summed E-state index contributed by atoms with van der Waals surface area (Å²) in [6, 6.07) is 6.51. The van der Waals surface area contributed by atoms with Crippen molar-refractivity contribution in [2.24, 2.45) is 10.4 Å². The van der Waals surface area contributed by atoms with Gasteiger partial charge in [-0.25, -0.2) is 0 Å². The van der Waals surface area contributed by atoms with Crippen molar-refractivity contribution in [3.63, 3.8) is 0 Å². The van der Waals surface area contributed by atoms with Crippen LogP contribution in [0.1, 0.15) is 31.9 Å². The third-order valence-corrected chi connectivity index (χ3v) is 5.30. The molecule has 0 aromatic heterocycles. The molecule has 0 bridgehead atoms. The third-order valence-electron chi connectivity index (χ3n) is 5.30. The first-order valence-electron chi connectivity index (χ1n) is 9.86. The van der Waals surface area contributed by atoms with Crippen molar-refractivity contribution < 1.29 is 4.79 Å². The summed E-state index contributed by atoms with van der Waals surface area (Å²) in [5.74, 6) is 0.914. The summed E-state index contributed by atoms with van der Waals surface area (Å²) in [6.07, 6.45) is 0. The van der Waals surface area contributed by atoms with Gasteiger partial charge in [-0.1, -0.05) is 12.1 Å². The van der Waals surface area contributed by atoms with Crippen LogP contribution in [0.3, 0.4) is 0 Å². The Bertz CT molecular complexity index is 675. The van der Waals surface area contributed by atoms with E-state index in [0.717, 1.165) is 38.7 Å². The first-order valence-corrected chi connectivity index (χ1v) is 9.86. The second-order valence-electron chi connectivity index (χ2n) is 7.83. The summed E-state index contributed by atoms with van der Waals surface area (Å²) in [5.41, 5.74) is 3.51. The first-order chi connectivity index (χ1) is 12.8. The third kappa shape index (κ3) is 5.15. The van der Waals surface area contributed by atoms with Crippen molar-refractivity contribution in [3.8, 4) is 0 Å². The summed E-state index contributed by atoms with van der Waals surface area (Å²) in [6.45, 7) is 15.3. The van der Waals surface area contributed by atoms with Crippen LogP contribution < -0.4 is 15.5 Å². The first kappa shape index (κ1) is 21.1. The van der Waals surface area contributed by atoms with Crippen molar-refractivity contribution in [2.45, 2.75) is 34.6 Å². The lowest BCUT2D eigenvalue weighted by atomic mass is 9.93. The van der Waals surface area contributed by atoms with Crippen molar-refractivity contribution >= 4 is 17.6 Å². The molecule has 1 saturated heterocycles. The zero-order valence-corrected chi connectivity index (χ0v) is 17.7. The van der Waals surface area contributed by atoms with Crippen LogP contribution in [0.5, 0.6) is 0 Å². The van der Waals surface area contributed by atoms with Gasteiger partial charge in [0.2, 0.25) is 5.91 Å². The van der Waals surface area contributed by atoms with Gasteiger partial charge in [0.1, 0.15) is 0 Å². The molecule has 0 unspecified atom stereocenters. The van der Waals surface area contributed by atoms with Gasteiger partial charge in [-0.3, -0.25) is 9.79 Å². The highest BCUT2D eigenvalue weighted by Gasteiger charge is 2.27. The molecule has 6 heteroatoms. The van der Waals surface area contributed by atoms with Crippen LogP contribution in [0, 0.1) is 19.3 Å². The monoisotopic (exact) mass is 373 g/mol. The minimum atomic E-state index is -0.518. The van der Waals surface area contributed by atoms with E-state index in [9.17, 15) is 4.79 Å². The zero-order chi connectivity index (χ0) is 20.0. The number of piperazine rings is 1. The maximum Gasteiger partial charge on any atom is 0.227 e. The number of amides is 1. The number of aryl methyl sites for hydroxylation is 1. The molecule has 1 heterocycles. The zero-order valence-electron chi connectivity index (χ0n) is 17.7. The molecule has 1 aromatic rings. The summed E-state index contributed by atoms with van der Waals surface area (Å²) >= 11 is 0. The van der Waals surface area contributed by atoms with Crippen LogP contribution in [0.4, 0.5) is 5.69 Å². The molecule has 1 aromatic carbocycles. The molecule has 1 fully saturated rings. The second-order valence-corrected chi connectivity index (χ2v) is 7.83. The number of hydrogen-bond donors (Lipinski definition) is 2. The molecule has 0 radical (unpaired) electrons. The Morgan fingerprint density at radius 1 is 1.19 bits per heavy atom. The molecule has 1 aliphatic rings. The van der Waals surface area contributed by atoms with E-state index < -0.39 is 5.41 Å². The highest BCUT2D eigenvalue weighted by Crippen LogP contribution is 2.24. The highest BCUT2D eigenvalue weighted by atomic mass is 16.2. The van der Waals surface area contributed by atoms with Gasteiger partial charge < -0.3 is 20.4 Å². The van der Waals surface area contributed by atoms with E-state index in [-0.39, 0.29) is 5.91 Å². The number of nitrogens with zero attached hydrogens (tertiary/aromatic N) is 3. The largest absolute Gasteiger partial charge is 0.368 e. The van der Waals surface area contributed by atoms with Crippen LogP contribution in [-0.4, -0.2) is 63.1 Å². The van der Waals surface area contributed by atoms with Crippen LogP contribution in [0.15, 0.2) is 23.2 Å². The molecule has 2 N–H and O–H groups in total. The fourth-order valence-corrected chi connectivity index (χ4v) is 3.35. The number of benzene rings is 1. The molecule has 1 amide bonds. The van der Waals surface area contributed by atoms with Gasteiger partial charge >= 0.3 is 0 Å². The Balaban J connectivity index is 2.05. The van der Waals surface area contributed by atoms with Crippen molar-refractivity contribution in [1.29, 1.82) is 0 Å². The van der Waals surface area contributed by atoms with Crippen molar-refractivity contribution in [3.05, 3.63) is 29.3 Å². The number of carbonyl (C=O) groups excluding carboxylic acids is 1. The standard InChI is InChI=1S/C21H35N5O/c1-7-23-20(24-15-21(4,5)19(27)22-6)26-13-11-25(12-14-26)18-10-8-9-16(2)17(18)3/h8-10H,7,11-15H2,1-6H3,(H,22,27)(H,23,24). The molecule has 0 saturated carbocycles. The van der Waals surface area contributed by atoms with E-state index in [1.165, 1.54) is 16.8 Å². The maximum absolute atomic E-state index is 12.0. The van der Waals surface area contributed by atoms with Crippen LogP contribution >= 0.6 is 0 Å². The van der Waals surface area contributed by atoms with Gasteiger partial charge in [0.25, 0.3) is 0 Å². The average molecular weight is 374 g/mol. The fraction of sp³-hybridized carbons (Fsp3) is 0.619. The SMILES string of the molecule is CCNC(=NCC(C)(C)C(=O)NC)N1CCN(c2cccc(C)c2C)CC1. The van der Waals surface area contributed by atoms with E-state index in [4.69, 9.17) is 4.99 Å². The lowest BCUT2D eigenvalue weighted by molar-refractivity contribution is -0.128. The lowest BCUT2D eigenvalue weighted by Gasteiger charge is -2.38. The Hall–Kier alpha value is -2.24. The number of carbonyl (C=O) groups is 1. The lowest BCUT2D eigenvalue weighted by Crippen LogP contribution is -2.53. The molecule has 0 spiro atoms. The molecule has 150 valence electrons. The van der Waals surface area contributed by atoms with E-state index in [1.54, 1.807) is 7.05 Å². The molecule has 6 nitrogen and oxygen atoms in total. The fourth-order valence-electron chi connectivity index (χ4n) is 3.35. The van der Waals surface area contributed by atoms with E-state index in [1.807, 2.05) is 13.8 Å². The van der Waals surface area contributed by atoms with Crippen LogP contribution in [0.25, 0.3) is 0 Å². The second kappa shape index (κ2) is 9.11. The number of guanidine groups is 1. The average Bonchev–Trinajstić information content (AvgIpc) is 2.67. The topological polar surface area (TPSA) is 60.0 Å². The summed E-state index contributed by atoms with van der Waals surface area (Å²) in [4.78, 5) is 21.5. The summed E-state index contributed by atoms with van der Waals surface area (Å²) in [5, 5.41) is 6.11. The smallest absolute Gasteiger partial charge is 0.227 e. The molecule has 1 aliphatic heterocycles. The molecule has 2 rings (SSSR count). The summed E-state index contributed by atoms with van der Waals surface area (Å²) < 4.78 is 0. The Kier molecular flexibility index (Phi) is 7.11. The summed E-state index contributed by atoms with van der Waals surface area (Å²) in [7, 11) is 1.67. The van der Waals surface area contributed by atoms with Crippen LogP contribution in [-0.2, 0) is 4.79 Å². The normalized spacial score (nSPS) is 15.7. The van der Waals surface area contributed by atoms with E-state index in [2.05, 4.69) is 59.4 Å². The van der Waals surface area contributed by atoms with Gasteiger partial charge in [0.15, 0.2) is 5.96 Å². The minimum Gasteiger partial charge on any atom is -0.368 e. The molecular weight excluding hydrogens is 338 g/mol. The predicted octanol–water partition coefficient (Wildman–Crippen LogP) is 2.16. The van der Waals surface area contributed by atoms with Crippen molar-refractivity contribution in [1.82, 2.24) is 15.5 Å². The molecule has 0 atom stereocenters. The molecular formula is C21H35N5O. The van der Waals surface area contributed by atoms with Gasteiger partial charge in [-0.2, -0.15) is 0 Å². The number of rotatable bonds is 5. The van der Waals surface area contributed by atoms with Gasteiger partial charge in [0.05, 0.1) is 12.0 Å². The number of hydrogen-bond acceptors (Lipinski definition) is 3. The minimum absolute atomic E-state index is 0.0156. The quantitative estimate of drug-likeness (QED) is 0.613. The molecule has 0 aliphatic carbocycles. The van der Waals surface area contributed by atoms with Gasteiger partial charge in [0, 0.05) is 45.5 Å². The van der Waals surface area contributed by atoms with Crippen LogP contribution in [0.2, 0.25) is 0 Å². The van der Waals surface area contributed by atoms with Crippen molar-refractivity contribution in [2.75, 3.05) is 51.2 Å². The Morgan fingerprint density at radius 2 is 1.85 bits per heavy atom. The number of anilines is 1. The highest BCUT2D eigenvalue weighted by molar-refractivity contribution is 5.83. The van der Waals surface area contributed by atoms with E-state index in [0.29, 0.717) is 6.54 Å². The number of nitrogens with one attached hydrogen (secondary N) is 2. The van der Waals surface area contributed by atoms with E-state index >= 15 is 0 Å². The maximum atomic E-state index is 12.0. The number of aliphatic imine (C=N–C) groups is 1. The molecule has 27 heavy (non-hydrogen) atoms. The Labute approximate surface area is 164 Å².